The van der Waals surface area contributed by atoms with E-state index in [0.717, 1.165) is 37.5 Å². The average molecular weight is 465 g/mol. The molecule has 2 nitrogen and oxygen atoms in total. The van der Waals surface area contributed by atoms with Gasteiger partial charge in [-0.15, -0.1) is 0 Å². The van der Waals surface area contributed by atoms with Crippen molar-refractivity contribution in [3.8, 4) is 0 Å². The first-order chi connectivity index (χ1) is 15.5. The second-order valence-electron chi connectivity index (χ2n) is 13.9. The van der Waals surface area contributed by atoms with Crippen LogP contribution in [0.4, 0.5) is 0 Å². The van der Waals surface area contributed by atoms with Gasteiger partial charge in [0.15, 0.2) is 0 Å². The smallest absolute Gasteiger partial charge is 0.0574 e. The fourth-order valence-electron chi connectivity index (χ4n) is 7.49. The minimum absolute atomic E-state index is 0.00603. The van der Waals surface area contributed by atoms with Gasteiger partial charge in [0.2, 0.25) is 0 Å². The Morgan fingerprint density at radius 2 is 1.58 bits per heavy atom. The summed E-state index contributed by atoms with van der Waals surface area (Å²) >= 11 is 0. The molecule has 8 atom stereocenters. The highest BCUT2D eigenvalue weighted by molar-refractivity contribution is 5.06. The zero-order chi connectivity index (χ0) is 24.6. The Balaban J connectivity index is 2.15. The summed E-state index contributed by atoms with van der Waals surface area (Å²) in [5.74, 6) is 3.24. The molecule has 33 heavy (non-hydrogen) atoms. The van der Waals surface area contributed by atoms with Gasteiger partial charge in [-0.3, -0.25) is 0 Å². The van der Waals surface area contributed by atoms with E-state index in [2.05, 4.69) is 41.5 Å². The molecule has 2 fully saturated rings. The van der Waals surface area contributed by atoms with E-state index < -0.39 is 0 Å². The number of fused-ring (bicyclic) bond motifs is 1. The topological polar surface area (TPSA) is 40.5 Å². The Bertz CT molecular complexity index is 536. The van der Waals surface area contributed by atoms with Gasteiger partial charge in [0.25, 0.3) is 0 Å². The zero-order valence-corrected chi connectivity index (χ0v) is 23.5. The van der Waals surface area contributed by atoms with Gasteiger partial charge in [-0.2, -0.15) is 0 Å². The number of aliphatic hydroxyl groups is 2. The minimum Gasteiger partial charge on any atom is -0.393 e. The number of hydrogen-bond donors (Lipinski definition) is 2. The molecule has 0 spiro atoms. The van der Waals surface area contributed by atoms with E-state index >= 15 is 0 Å². The van der Waals surface area contributed by atoms with Crippen LogP contribution in [0.2, 0.25) is 0 Å². The summed E-state index contributed by atoms with van der Waals surface area (Å²) < 4.78 is 0. The van der Waals surface area contributed by atoms with Crippen LogP contribution in [-0.4, -0.2) is 22.4 Å². The molecule has 0 bridgehead atoms. The van der Waals surface area contributed by atoms with Gasteiger partial charge in [-0.05, 0) is 86.9 Å². The predicted octanol–water partition coefficient (Wildman–Crippen LogP) is 8.78. The second kappa shape index (κ2) is 13.3. The van der Waals surface area contributed by atoms with Crippen LogP contribution < -0.4 is 0 Å². The molecule has 0 aliphatic heterocycles. The van der Waals surface area contributed by atoms with Gasteiger partial charge < -0.3 is 10.2 Å². The molecule has 2 N–H and O–H groups in total. The summed E-state index contributed by atoms with van der Waals surface area (Å²) in [5.41, 5.74) is 0.395. The third-order valence-corrected chi connectivity index (χ3v) is 9.45. The molecule has 2 aliphatic rings. The van der Waals surface area contributed by atoms with E-state index in [1.165, 1.54) is 70.6 Å². The van der Waals surface area contributed by atoms with Crippen molar-refractivity contribution in [2.45, 2.75) is 157 Å². The molecule has 2 heteroatoms. The average Bonchev–Trinajstić information content (AvgIpc) is 3.41. The fourth-order valence-corrected chi connectivity index (χ4v) is 7.49. The molecule has 0 aromatic carbocycles. The molecular weight excluding hydrogens is 404 g/mol. The molecule has 5 unspecified atom stereocenters. The molecular formula is C31H60O2. The van der Waals surface area contributed by atoms with Crippen molar-refractivity contribution in [3.63, 3.8) is 0 Å². The first-order valence-corrected chi connectivity index (χ1v) is 14.8. The number of rotatable bonds is 7. The van der Waals surface area contributed by atoms with Gasteiger partial charge in [-0.25, -0.2) is 0 Å². The van der Waals surface area contributed by atoms with Crippen molar-refractivity contribution in [3.05, 3.63) is 0 Å². The first-order valence-electron chi connectivity index (χ1n) is 14.8. The van der Waals surface area contributed by atoms with Crippen LogP contribution in [0.3, 0.4) is 0 Å². The van der Waals surface area contributed by atoms with Crippen LogP contribution in [0.25, 0.3) is 0 Å². The molecule has 0 saturated heterocycles. The van der Waals surface area contributed by atoms with Gasteiger partial charge in [0.05, 0.1) is 12.2 Å². The highest BCUT2D eigenvalue weighted by Gasteiger charge is 2.57. The number of unbranched alkanes of at least 4 members (excludes halogenated alkanes) is 1. The molecule has 0 heterocycles. The molecule has 196 valence electrons. The standard InChI is InChI=1S/C31H60O2/c1-8-9-15-27-19-24(3)26(18-23(2)20-30(5,6)7)16-13-11-10-12-14-17-28-21-31(28,25(4)32)22-29(27)33/h23-29,32-33H,8-22H2,1-7H3/t23-,24?,25?,26-,27+,28?,29?,31?/m0/s1. The Morgan fingerprint density at radius 1 is 0.939 bits per heavy atom. The second-order valence-corrected chi connectivity index (χ2v) is 13.9. The van der Waals surface area contributed by atoms with Crippen molar-refractivity contribution in [2.75, 3.05) is 0 Å². The van der Waals surface area contributed by atoms with Gasteiger partial charge in [-0.1, -0.05) is 92.9 Å². The maximum Gasteiger partial charge on any atom is 0.0574 e. The molecule has 0 aromatic rings. The summed E-state index contributed by atoms with van der Waals surface area (Å²) in [4.78, 5) is 0. The van der Waals surface area contributed by atoms with Crippen LogP contribution in [0.15, 0.2) is 0 Å². The summed E-state index contributed by atoms with van der Waals surface area (Å²) in [6.45, 7) is 16.3. The van der Waals surface area contributed by atoms with E-state index in [0.29, 0.717) is 23.2 Å². The number of aliphatic hydroxyl groups excluding tert-OH is 2. The van der Waals surface area contributed by atoms with Crippen LogP contribution in [0.5, 0.6) is 0 Å². The number of hydrogen-bond acceptors (Lipinski definition) is 2. The van der Waals surface area contributed by atoms with Crippen molar-refractivity contribution < 1.29 is 10.2 Å². The van der Waals surface area contributed by atoms with E-state index in [4.69, 9.17) is 0 Å². The van der Waals surface area contributed by atoms with E-state index in [-0.39, 0.29) is 17.6 Å². The molecule has 0 radical (unpaired) electrons. The van der Waals surface area contributed by atoms with Crippen molar-refractivity contribution in [2.24, 2.45) is 40.4 Å². The monoisotopic (exact) mass is 464 g/mol. The normalized spacial score (nSPS) is 36.8. The Kier molecular flexibility index (Phi) is 11.7. The minimum atomic E-state index is -0.289. The third kappa shape index (κ3) is 9.47. The van der Waals surface area contributed by atoms with E-state index in [9.17, 15) is 10.2 Å². The van der Waals surface area contributed by atoms with Gasteiger partial charge >= 0.3 is 0 Å². The Labute approximate surface area is 207 Å². The van der Waals surface area contributed by atoms with E-state index in [1.807, 2.05) is 6.92 Å². The van der Waals surface area contributed by atoms with Crippen LogP contribution in [-0.2, 0) is 0 Å². The highest BCUT2D eigenvalue weighted by Crippen LogP contribution is 2.61. The zero-order valence-electron chi connectivity index (χ0n) is 23.5. The fraction of sp³-hybridized carbons (Fsp3) is 1.00. The third-order valence-electron chi connectivity index (χ3n) is 9.45. The van der Waals surface area contributed by atoms with Crippen LogP contribution >= 0.6 is 0 Å². The lowest BCUT2D eigenvalue weighted by Gasteiger charge is -2.34. The summed E-state index contributed by atoms with van der Waals surface area (Å²) in [6.07, 6.45) is 18.2. The maximum atomic E-state index is 11.5. The lowest BCUT2D eigenvalue weighted by atomic mass is 9.73. The molecule has 0 aromatic heterocycles. The van der Waals surface area contributed by atoms with Crippen LogP contribution in [0, 0.1) is 40.4 Å². The molecule has 2 aliphatic carbocycles. The Hall–Kier alpha value is -0.0800. The van der Waals surface area contributed by atoms with Crippen molar-refractivity contribution in [1.82, 2.24) is 0 Å². The SMILES string of the molecule is CCCC[C@@H]1CC(C)[C@H](C[C@H](C)CC(C)(C)C)CCCCCCCC2CC2(C(C)O)CC1O. The van der Waals surface area contributed by atoms with Gasteiger partial charge in [0.1, 0.15) is 0 Å². The maximum absolute atomic E-state index is 11.5. The lowest BCUT2D eigenvalue weighted by Crippen LogP contribution is -2.32. The largest absolute Gasteiger partial charge is 0.393 e. The molecule has 2 rings (SSSR count). The van der Waals surface area contributed by atoms with Gasteiger partial charge in [0, 0.05) is 5.41 Å². The first kappa shape index (κ1) is 29.2. The Morgan fingerprint density at radius 3 is 2.18 bits per heavy atom. The summed E-state index contributed by atoms with van der Waals surface area (Å²) in [5, 5.41) is 22.2. The molecule has 0 amide bonds. The predicted molar refractivity (Wildman–Crippen MR) is 143 cm³/mol. The lowest BCUT2D eigenvalue weighted by molar-refractivity contribution is 0.0112. The van der Waals surface area contributed by atoms with E-state index in [1.54, 1.807) is 0 Å². The highest BCUT2D eigenvalue weighted by atomic mass is 16.3. The van der Waals surface area contributed by atoms with Crippen molar-refractivity contribution >= 4 is 0 Å². The van der Waals surface area contributed by atoms with Crippen LogP contribution in [0.1, 0.15) is 145 Å². The quantitative estimate of drug-likeness (QED) is 0.395. The molecule has 2 saturated carbocycles. The summed E-state index contributed by atoms with van der Waals surface area (Å²) in [7, 11) is 0. The van der Waals surface area contributed by atoms with Crippen molar-refractivity contribution in [1.29, 1.82) is 0 Å². The summed E-state index contributed by atoms with van der Waals surface area (Å²) in [6, 6.07) is 0.